The number of hydrogen-bond donors (Lipinski definition) is 1. The summed E-state index contributed by atoms with van der Waals surface area (Å²) in [7, 11) is 0. The molecule has 2 aliphatic rings. The van der Waals surface area contributed by atoms with E-state index in [0.29, 0.717) is 5.92 Å². The van der Waals surface area contributed by atoms with Gasteiger partial charge < -0.3 is 14.6 Å². The van der Waals surface area contributed by atoms with E-state index >= 15 is 0 Å². The first-order valence-corrected chi connectivity index (χ1v) is 15.3. The molecule has 4 rings (SSSR count). The molecule has 0 aliphatic heterocycles. The number of aliphatic hydroxyl groups is 1. The SMILES string of the molecule is C=C(CO)C(=O)OCCOc1ccc(-c2ccc(C3C=CC(C4CCC(CC/C=C/C)CC4)=CC3)c(CC)c2)cc1. The summed E-state index contributed by atoms with van der Waals surface area (Å²) in [4.78, 5) is 11.5. The molecular weight excluding hydrogens is 508 g/mol. The lowest BCUT2D eigenvalue weighted by molar-refractivity contribution is -0.140. The van der Waals surface area contributed by atoms with Crippen molar-refractivity contribution in [1.29, 1.82) is 0 Å². The third-order valence-electron chi connectivity index (χ3n) is 8.60. The molecule has 4 heteroatoms. The highest BCUT2D eigenvalue weighted by Crippen LogP contribution is 2.39. The summed E-state index contributed by atoms with van der Waals surface area (Å²) < 4.78 is 10.7. The molecule has 0 radical (unpaired) electrons. The molecule has 2 aliphatic carbocycles. The molecule has 0 amide bonds. The van der Waals surface area contributed by atoms with E-state index in [1.54, 1.807) is 5.57 Å². The van der Waals surface area contributed by atoms with Crippen molar-refractivity contribution in [3.63, 3.8) is 0 Å². The average molecular weight is 555 g/mol. The van der Waals surface area contributed by atoms with Crippen LogP contribution in [0.1, 0.15) is 75.8 Å². The Morgan fingerprint density at radius 3 is 2.46 bits per heavy atom. The second kappa shape index (κ2) is 15.6. The van der Waals surface area contributed by atoms with Crippen LogP contribution in [0.4, 0.5) is 0 Å². The Labute approximate surface area is 246 Å². The van der Waals surface area contributed by atoms with Crippen LogP contribution in [-0.2, 0) is 16.0 Å². The van der Waals surface area contributed by atoms with Gasteiger partial charge in [0.25, 0.3) is 0 Å². The average Bonchev–Trinajstić information content (AvgIpc) is 3.03. The van der Waals surface area contributed by atoms with Gasteiger partial charge in [0.15, 0.2) is 0 Å². The van der Waals surface area contributed by atoms with Crippen molar-refractivity contribution in [2.24, 2.45) is 11.8 Å². The summed E-state index contributed by atoms with van der Waals surface area (Å²) in [6.45, 7) is 7.74. The van der Waals surface area contributed by atoms with Crippen LogP contribution in [0.5, 0.6) is 5.75 Å². The fourth-order valence-corrected chi connectivity index (χ4v) is 6.11. The Kier molecular flexibility index (Phi) is 11.6. The Bertz CT molecular complexity index is 1240. The van der Waals surface area contributed by atoms with Gasteiger partial charge in [0.1, 0.15) is 19.0 Å². The van der Waals surface area contributed by atoms with Crippen LogP contribution in [0.15, 0.2) is 90.6 Å². The first kappa shape index (κ1) is 30.6. The second-order valence-electron chi connectivity index (χ2n) is 11.3. The predicted molar refractivity (Wildman–Crippen MR) is 168 cm³/mol. The summed E-state index contributed by atoms with van der Waals surface area (Å²) in [5.74, 6) is 2.21. The van der Waals surface area contributed by atoms with Crippen LogP contribution in [0.25, 0.3) is 11.1 Å². The molecule has 4 nitrogen and oxygen atoms in total. The van der Waals surface area contributed by atoms with Crippen molar-refractivity contribution in [3.05, 3.63) is 102 Å². The molecule has 0 saturated heterocycles. The van der Waals surface area contributed by atoms with Gasteiger partial charge in [0, 0.05) is 5.92 Å². The largest absolute Gasteiger partial charge is 0.490 e. The molecule has 218 valence electrons. The minimum atomic E-state index is -0.601. The highest BCUT2D eigenvalue weighted by Gasteiger charge is 2.24. The van der Waals surface area contributed by atoms with Crippen LogP contribution >= 0.6 is 0 Å². The van der Waals surface area contributed by atoms with Crippen LogP contribution in [0, 0.1) is 11.8 Å². The molecule has 0 aromatic heterocycles. The zero-order chi connectivity index (χ0) is 29.0. The maximum atomic E-state index is 11.5. The van der Waals surface area contributed by atoms with Gasteiger partial charge in [-0.1, -0.05) is 74.2 Å². The van der Waals surface area contributed by atoms with E-state index in [-0.39, 0.29) is 18.8 Å². The van der Waals surface area contributed by atoms with Gasteiger partial charge in [0.2, 0.25) is 0 Å². The highest BCUT2D eigenvalue weighted by molar-refractivity contribution is 5.87. The van der Waals surface area contributed by atoms with Crippen molar-refractivity contribution in [1.82, 2.24) is 0 Å². The number of carbonyl (C=O) groups is 1. The summed E-state index contributed by atoms with van der Waals surface area (Å²) in [6, 6.07) is 14.9. The minimum absolute atomic E-state index is 0.0383. The molecule has 1 atom stereocenters. The van der Waals surface area contributed by atoms with Crippen molar-refractivity contribution >= 4 is 5.97 Å². The highest BCUT2D eigenvalue weighted by atomic mass is 16.6. The quantitative estimate of drug-likeness (QED) is 0.117. The van der Waals surface area contributed by atoms with E-state index in [1.165, 1.54) is 55.2 Å². The Balaban J connectivity index is 1.30. The van der Waals surface area contributed by atoms with E-state index in [0.717, 1.165) is 36.0 Å². The molecule has 0 spiro atoms. The first-order chi connectivity index (χ1) is 20.0. The summed E-state index contributed by atoms with van der Waals surface area (Å²) in [5, 5.41) is 8.92. The van der Waals surface area contributed by atoms with Crippen molar-refractivity contribution in [3.8, 4) is 16.9 Å². The standard InChI is InChI=1S/C37H46O4/c1-4-6-7-8-28-9-11-30(12-10-28)31-13-15-33(16-14-31)36-22-19-34(25-29(36)5-2)32-17-20-35(21-18-32)40-23-24-41-37(39)27(3)26-38/h4,6,13-15,17-22,25,28,30,33,38H,3,5,7-12,16,23-24,26H2,1-2H3/b6-4+. The first-order valence-electron chi connectivity index (χ1n) is 15.3. The number of ether oxygens (including phenoxy) is 2. The van der Waals surface area contributed by atoms with Crippen molar-refractivity contribution in [2.75, 3.05) is 19.8 Å². The lowest BCUT2D eigenvalue weighted by atomic mass is 9.75. The van der Waals surface area contributed by atoms with Crippen molar-refractivity contribution < 1.29 is 19.4 Å². The molecule has 1 N–H and O–H groups in total. The lowest BCUT2D eigenvalue weighted by Crippen LogP contribution is -2.17. The normalized spacial score (nSPS) is 20.6. The fraction of sp³-hybridized carbons (Fsp3) is 0.432. The third-order valence-corrected chi connectivity index (χ3v) is 8.60. The lowest BCUT2D eigenvalue weighted by Gasteiger charge is -2.31. The van der Waals surface area contributed by atoms with E-state index in [1.807, 2.05) is 12.1 Å². The van der Waals surface area contributed by atoms with Crippen LogP contribution in [-0.4, -0.2) is 30.9 Å². The van der Waals surface area contributed by atoms with Gasteiger partial charge in [0.05, 0.1) is 12.2 Å². The maximum Gasteiger partial charge on any atom is 0.335 e. The summed E-state index contributed by atoms with van der Waals surface area (Å²) >= 11 is 0. The molecule has 0 heterocycles. The van der Waals surface area contributed by atoms with Gasteiger partial charge in [-0.25, -0.2) is 4.79 Å². The van der Waals surface area contributed by atoms with Gasteiger partial charge >= 0.3 is 5.97 Å². The molecule has 2 aromatic rings. The zero-order valence-electron chi connectivity index (χ0n) is 24.8. The molecular formula is C37H46O4. The van der Waals surface area contributed by atoms with Gasteiger partial charge in [-0.3, -0.25) is 0 Å². The third kappa shape index (κ3) is 8.56. The minimum Gasteiger partial charge on any atom is -0.490 e. The number of carbonyl (C=O) groups excluding carboxylic acids is 1. The molecule has 1 saturated carbocycles. The van der Waals surface area contributed by atoms with E-state index in [4.69, 9.17) is 14.6 Å². The number of aryl methyl sites for hydroxylation is 1. The molecule has 2 aromatic carbocycles. The molecule has 41 heavy (non-hydrogen) atoms. The van der Waals surface area contributed by atoms with Crippen LogP contribution in [0.2, 0.25) is 0 Å². The van der Waals surface area contributed by atoms with E-state index < -0.39 is 12.6 Å². The van der Waals surface area contributed by atoms with E-state index in [2.05, 4.69) is 81.1 Å². The van der Waals surface area contributed by atoms with Gasteiger partial charge in [-0.15, -0.1) is 0 Å². The number of rotatable bonds is 13. The van der Waals surface area contributed by atoms with Gasteiger partial charge in [-0.2, -0.15) is 0 Å². The molecule has 0 bridgehead atoms. The van der Waals surface area contributed by atoms with Crippen LogP contribution in [0.3, 0.4) is 0 Å². The Hall–Kier alpha value is -3.37. The maximum absolute atomic E-state index is 11.5. The summed E-state index contributed by atoms with van der Waals surface area (Å²) in [5.41, 5.74) is 6.80. The number of hydrogen-bond acceptors (Lipinski definition) is 4. The van der Waals surface area contributed by atoms with Crippen molar-refractivity contribution in [2.45, 2.75) is 71.1 Å². The molecule has 1 fully saturated rings. The Morgan fingerprint density at radius 1 is 1.05 bits per heavy atom. The number of aliphatic hydroxyl groups excluding tert-OH is 1. The topological polar surface area (TPSA) is 55.8 Å². The number of esters is 1. The predicted octanol–water partition coefficient (Wildman–Crippen LogP) is 8.52. The Morgan fingerprint density at radius 2 is 1.80 bits per heavy atom. The number of benzene rings is 2. The number of allylic oxidation sites excluding steroid dienone is 6. The smallest absolute Gasteiger partial charge is 0.335 e. The van der Waals surface area contributed by atoms with E-state index in [9.17, 15) is 4.79 Å². The monoisotopic (exact) mass is 554 g/mol. The van der Waals surface area contributed by atoms with Gasteiger partial charge in [-0.05, 0) is 110 Å². The summed E-state index contributed by atoms with van der Waals surface area (Å²) in [6.07, 6.45) is 22.0. The molecule has 1 unspecified atom stereocenters. The second-order valence-corrected chi connectivity index (χ2v) is 11.3. The zero-order valence-corrected chi connectivity index (χ0v) is 24.8. The van der Waals surface area contributed by atoms with Crippen LogP contribution < -0.4 is 4.74 Å². The fourth-order valence-electron chi connectivity index (χ4n) is 6.11.